The summed E-state index contributed by atoms with van der Waals surface area (Å²) in [4.78, 5) is 11.9. The molecule has 6 heteroatoms. The van der Waals surface area contributed by atoms with Crippen LogP contribution in [0.15, 0.2) is 0 Å². The maximum atomic E-state index is 11.9. The zero-order valence-electron chi connectivity index (χ0n) is 10.6. The summed E-state index contributed by atoms with van der Waals surface area (Å²) in [6.45, 7) is 6.53. The normalized spacial score (nSPS) is 12.8. The molecule has 0 saturated carbocycles. The third-order valence-electron chi connectivity index (χ3n) is 2.41. The van der Waals surface area contributed by atoms with Crippen LogP contribution in [0.5, 0.6) is 0 Å². The molecule has 1 amide bonds. The quantitative estimate of drug-likeness (QED) is 0.811. The van der Waals surface area contributed by atoms with Crippen LogP contribution in [0.4, 0.5) is 5.13 Å². The number of anilines is 1. The molecule has 0 bridgehead atoms. The second-order valence-electron chi connectivity index (χ2n) is 4.41. The summed E-state index contributed by atoms with van der Waals surface area (Å²) in [5, 5.41) is 12.1. The Bertz CT molecular complexity index is 364. The highest BCUT2D eigenvalue weighted by Crippen LogP contribution is 2.18. The lowest BCUT2D eigenvalue weighted by molar-refractivity contribution is -0.120. The van der Waals surface area contributed by atoms with Gasteiger partial charge in [0.2, 0.25) is 11.0 Å². The van der Waals surface area contributed by atoms with E-state index < -0.39 is 0 Å². The van der Waals surface area contributed by atoms with Crippen molar-refractivity contribution in [1.29, 1.82) is 0 Å². The molecule has 0 radical (unpaired) electrons. The number of rotatable bonds is 6. The maximum Gasteiger partial charge on any atom is 0.230 e. The summed E-state index contributed by atoms with van der Waals surface area (Å²) in [5.74, 6) is 0.249. The molecule has 96 valence electrons. The topological polar surface area (TPSA) is 80.9 Å². The average molecular weight is 256 g/mol. The van der Waals surface area contributed by atoms with Gasteiger partial charge < -0.3 is 11.1 Å². The van der Waals surface area contributed by atoms with Crippen molar-refractivity contribution in [2.75, 3.05) is 11.9 Å². The van der Waals surface area contributed by atoms with Crippen LogP contribution < -0.4 is 11.1 Å². The van der Waals surface area contributed by atoms with E-state index in [-0.39, 0.29) is 11.8 Å². The molecular formula is C11H20N4OS. The van der Waals surface area contributed by atoms with Crippen molar-refractivity contribution in [3.8, 4) is 0 Å². The summed E-state index contributed by atoms with van der Waals surface area (Å²) in [6.07, 6.45) is 1.63. The minimum atomic E-state index is -0.149. The molecule has 1 atom stereocenters. The molecule has 0 aliphatic heterocycles. The SMILES string of the molecule is CCc1nnc(NC(=O)C(CN)CC(C)C)s1. The van der Waals surface area contributed by atoms with Gasteiger partial charge in [-0.2, -0.15) is 0 Å². The largest absolute Gasteiger partial charge is 0.330 e. The highest BCUT2D eigenvalue weighted by Gasteiger charge is 2.19. The van der Waals surface area contributed by atoms with Crippen LogP contribution in [0.1, 0.15) is 32.2 Å². The summed E-state index contributed by atoms with van der Waals surface area (Å²) < 4.78 is 0. The van der Waals surface area contributed by atoms with Gasteiger partial charge in [-0.05, 0) is 18.8 Å². The number of nitrogens with one attached hydrogen (secondary N) is 1. The smallest absolute Gasteiger partial charge is 0.230 e. The highest BCUT2D eigenvalue weighted by molar-refractivity contribution is 7.15. The molecular weight excluding hydrogens is 236 g/mol. The van der Waals surface area contributed by atoms with Gasteiger partial charge in [0.15, 0.2) is 0 Å². The molecule has 0 aliphatic rings. The van der Waals surface area contributed by atoms with Gasteiger partial charge in [-0.1, -0.05) is 32.1 Å². The number of carbonyl (C=O) groups excluding carboxylic acids is 1. The standard InChI is InChI=1S/C11H20N4OS/c1-4-9-14-15-11(17-9)13-10(16)8(6-12)5-7(2)3/h7-8H,4-6,12H2,1-3H3,(H,13,15,16). The van der Waals surface area contributed by atoms with Gasteiger partial charge in [0.1, 0.15) is 5.01 Å². The van der Waals surface area contributed by atoms with E-state index in [1.807, 2.05) is 6.92 Å². The van der Waals surface area contributed by atoms with Crippen LogP contribution in [0, 0.1) is 11.8 Å². The summed E-state index contributed by atoms with van der Waals surface area (Å²) in [7, 11) is 0. The van der Waals surface area contributed by atoms with E-state index in [1.54, 1.807) is 0 Å². The minimum Gasteiger partial charge on any atom is -0.330 e. The molecule has 0 saturated heterocycles. The zero-order valence-corrected chi connectivity index (χ0v) is 11.4. The number of hydrogen-bond donors (Lipinski definition) is 2. The number of hydrogen-bond acceptors (Lipinski definition) is 5. The van der Waals surface area contributed by atoms with Crippen LogP contribution in [0.3, 0.4) is 0 Å². The van der Waals surface area contributed by atoms with Crippen molar-refractivity contribution in [1.82, 2.24) is 10.2 Å². The first-order valence-electron chi connectivity index (χ1n) is 5.90. The molecule has 5 nitrogen and oxygen atoms in total. The lowest BCUT2D eigenvalue weighted by atomic mass is 9.96. The van der Waals surface area contributed by atoms with Gasteiger partial charge in [-0.15, -0.1) is 10.2 Å². The summed E-state index contributed by atoms with van der Waals surface area (Å²) in [6, 6.07) is 0. The van der Waals surface area contributed by atoms with E-state index in [0.29, 0.717) is 17.6 Å². The van der Waals surface area contributed by atoms with E-state index >= 15 is 0 Å². The van der Waals surface area contributed by atoms with E-state index in [4.69, 9.17) is 5.73 Å². The second kappa shape index (κ2) is 6.66. The fourth-order valence-corrected chi connectivity index (χ4v) is 2.22. The molecule has 17 heavy (non-hydrogen) atoms. The van der Waals surface area contributed by atoms with Gasteiger partial charge in [0.25, 0.3) is 0 Å². The van der Waals surface area contributed by atoms with Crippen molar-refractivity contribution < 1.29 is 4.79 Å². The van der Waals surface area contributed by atoms with Gasteiger partial charge in [0, 0.05) is 6.54 Å². The number of aryl methyl sites for hydroxylation is 1. The third-order valence-corrected chi connectivity index (χ3v) is 3.39. The average Bonchev–Trinajstić information content (AvgIpc) is 2.73. The molecule has 3 N–H and O–H groups in total. The Labute approximate surface area is 106 Å². The van der Waals surface area contributed by atoms with Crippen LogP contribution in [-0.2, 0) is 11.2 Å². The second-order valence-corrected chi connectivity index (χ2v) is 5.47. The molecule has 1 aromatic heterocycles. The lowest BCUT2D eigenvalue weighted by Crippen LogP contribution is -2.30. The Balaban J connectivity index is 2.57. The fraction of sp³-hybridized carbons (Fsp3) is 0.727. The van der Waals surface area contributed by atoms with Crippen LogP contribution in [-0.4, -0.2) is 22.6 Å². The zero-order chi connectivity index (χ0) is 12.8. The Morgan fingerprint density at radius 1 is 1.47 bits per heavy atom. The minimum absolute atomic E-state index is 0.0556. The van der Waals surface area contributed by atoms with Gasteiger partial charge in [0.05, 0.1) is 5.92 Å². The Kier molecular flexibility index (Phi) is 5.50. The molecule has 1 aromatic rings. The molecule has 0 aliphatic carbocycles. The van der Waals surface area contributed by atoms with E-state index in [9.17, 15) is 4.79 Å². The number of nitrogens with two attached hydrogens (primary N) is 1. The van der Waals surface area contributed by atoms with Crippen molar-refractivity contribution in [2.45, 2.75) is 33.6 Å². The molecule has 0 aromatic carbocycles. The monoisotopic (exact) mass is 256 g/mol. The number of aromatic nitrogens is 2. The van der Waals surface area contributed by atoms with Crippen molar-refractivity contribution in [3.05, 3.63) is 5.01 Å². The van der Waals surface area contributed by atoms with E-state index in [1.165, 1.54) is 11.3 Å². The van der Waals surface area contributed by atoms with Crippen molar-refractivity contribution in [2.24, 2.45) is 17.6 Å². The van der Waals surface area contributed by atoms with Gasteiger partial charge in [-0.25, -0.2) is 0 Å². The molecule has 1 rings (SSSR count). The van der Waals surface area contributed by atoms with E-state index in [2.05, 4.69) is 29.4 Å². The van der Waals surface area contributed by atoms with Gasteiger partial charge in [-0.3, -0.25) is 4.79 Å². The summed E-state index contributed by atoms with van der Waals surface area (Å²) >= 11 is 1.41. The lowest BCUT2D eigenvalue weighted by Gasteiger charge is -2.15. The molecule has 0 spiro atoms. The first-order chi connectivity index (χ1) is 8.06. The maximum absolute atomic E-state index is 11.9. The summed E-state index contributed by atoms with van der Waals surface area (Å²) in [5.41, 5.74) is 5.61. The van der Waals surface area contributed by atoms with Gasteiger partial charge >= 0.3 is 0 Å². The molecule has 1 heterocycles. The first-order valence-corrected chi connectivity index (χ1v) is 6.71. The highest BCUT2D eigenvalue weighted by atomic mass is 32.1. The Morgan fingerprint density at radius 2 is 2.18 bits per heavy atom. The van der Waals surface area contributed by atoms with Crippen LogP contribution >= 0.6 is 11.3 Å². The fourth-order valence-electron chi connectivity index (χ4n) is 1.53. The predicted octanol–water partition coefficient (Wildman–Crippen LogP) is 1.66. The Morgan fingerprint density at radius 3 is 2.65 bits per heavy atom. The third kappa shape index (κ3) is 4.40. The molecule has 1 unspecified atom stereocenters. The van der Waals surface area contributed by atoms with Crippen LogP contribution in [0.2, 0.25) is 0 Å². The van der Waals surface area contributed by atoms with E-state index in [0.717, 1.165) is 17.8 Å². The number of amides is 1. The number of carbonyl (C=O) groups is 1. The predicted molar refractivity (Wildman–Crippen MR) is 69.9 cm³/mol. The molecule has 0 fully saturated rings. The first kappa shape index (κ1) is 14.1. The van der Waals surface area contributed by atoms with Crippen molar-refractivity contribution in [3.63, 3.8) is 0 Å². The van der Waals surface area contributed by atoms with Crippen molar-refractivity contribution >= 4 is 22.4 Å². The number of nitrogens with zero attached hydrogens (tertiary/aromatic N) is 2. The Hall–Kier alpha value is -1.01. The van der Waals surface area contributed by atoms with Crippen LogP contribution in [0.25, 0.3) is 0 Å².